The van der Waals surface area contributed by atoms with Crippen LogP contribution in [0.25, 0.3) is 0 Å². The Morgan fingerprint density at radius 2 is 1.69 bits per heavy atom. The first-order chi connectivity index (χ1) is 12.5. The molecule has 7 heteroatoms. The van der Waals surface area contributed by atoms with Gasteiger partial charge in [0.15, 0.2) is 19.0 Å². The molecule has 1 amide bonds. The van der Waals surface area contributed by atoms with E-state index in [9.17, 15) is 14.4 Å². The van der Waals surface area contributed by atoms with E-state index in [0.717, 1.165) is 4.90 Å². The van der Waals surface area contributed by atoms with Crippen molar-refractivity contribution in [3.8, 4) is 5.75 Å². The molecular weight excluding hydrogens is 354 g/mol. The van der Waals surface area contributed by atoms with E-state index in [1.54, 1.807) is 30.3 Å². The molecule has 1 N–H and O–H groups in total. The molecule has 0 aliphatic carbocycles. The summed E-state index contributed by atoms with van der Waals surface area (Å²) in [5.74, 6) is -0.699. The number of carbonyl (C=O) groups is 3. The molecule has 0 aromatic heterocycles. The second-order valence-electron chi connectivity index (χ2n) is 5.28. The van der Waals surface area contributed by atoms with Gasteiger partial charge in [-0.3, -0.25) is 9.59 Å². The van der Waals surface area contributed by atoms with Gasteiger partial charge in [0.25, 0.3) is 5.91 Å². The predicted octanol–water partition coefficient (Wildman–Crippen LogP) is 3.17. The van der Waals surface area contributed by atoms with Crippen molar-refractivity contribution in [2.75, 3.05) is 24.8 Å². The number of ketones is 1. The van der Waals surface area contributed by atoms with Crippen molar-refractivity contribution in [3.05, 3.63) is 54.1 Å². The summed E-state index contributed by atoms with van der Waals surface area (Å²) in [5.41, 5.74) is 1.23. The quantitative estimate of drug-likeness (QED) is 0.435. The van der Waals surface area contributed by atoms with Crippen molar-refractivity contribution < 1.29 is 23.9 Å². The Labute approximate surface area is 155 Å². The van der Waals surface area contributed by atoms with E-state index in [2.05, 4.69) is 5.32 Å². The maximum Gasteiger partial charge on any atom is 0.344 e. The normalized spacial score (nSPS) is 10.1. The first-order valence-electron chi connectivity index (χ1n) is 7.82. The number of hydrogen-bond acceptors (Lipinski definition) is 6. The summed E-state index contributed by atoms with van der Waals surface area (Å²) in [5, 5.41) is 2.70. The maximum atomic E-state index is 11.9. The predicted molar refractivity (Wildman–Crippen MR) is 99.8 cm³/mol. The Morgan fingerprint density at radius 3 is 2.35 bits per heavy atom. The minimum atomic E-state index is -0.658. The molecule has 2 rings (SSSR count). The molecule has 0 atom stereocenters. The van der Waals surface area contributed by atoms with Crippen molar-refractivity contribution in [2.45, 2.75) is 11.8 Å². The van der Waals surface area contributed by atoms with E-state index in [-0.39, 0.29) is 12.4 Å². The summed E-state index contributed by atoms with van der Waals surface area (Å²) >= 11 is 1.51. The third kappa shape index (κ3) is 5.93. The fourth-order valence-corrected chi connectivity index (χ4v) is 2.60. The highest BCUT2D eigenvalue weighted by Crippen LogP contribution is 2.24. The van der Waals surface area contributed by atoms with Crippen LogP contribution in [0.3, 0.4) is 0 Å². The molecule has 0 fully saturated rings. The molecule has 0 saturated carbocycles. The average Bonchev–Trinajstić information content (AvgIpc) is 2.65. The monoisotopic (exact) mass is 373 g/mol. The number of rotatable bonds is 8. The fraction of sp³-hybridized carbons (Fsp3) is 0.211. The molecule has 0 unspecified atom stereocenters. The minimum Gasteiger partial charge on any atom is -0.482 e. The van der Waals surface area contributed by atoms with Gasteiger partial charge in [0.05, 0.1) is 5.69 Å². The summed E-state index contributed by atoms with van der Waals surface area (Å²) in [4.78, 5) is 35.7. The number of esters is 1. The lowest BCUT2D eigenvalue weighted by molar-refractivity contribution is -0.149. The molecule has 0 aliphatic heterocycles. The highest BCUT2D eigenvalue weighted by Gasteiger charge is 2.10. The van der Waals surface area contributed by atoms with Crippen LogP contribution in [0.2, 0.25) is 0 Å². The van der Waals surface area contributed by atoms with Crippen molar-refractivity contribution in [1.82, 2.24) is 0 Å². The van der Waals surface area contributed by atoms with Crippen LogP contribution in [0.4, 0.5) is 5.69 Å². The fourth-order valence-electron chi connectivity index (χ4n) is 2.05. The minimum absolute atomic E-state index is 0.0509. The van der Waals surface area contributed by atoms with Crippen LogP contribution in [-0.4, -0.2) is 37.1 Å². The molecular formula is C19H19NO5S. The molecule has 0 bridgehead atoms. The molecule has 2 aromatic carbocycles. The maximum absolute atomic E-state index is 11.9. The zero-order chi connectivity index (χ0) is 18.9. The van der Waals surface area contributed by atoms with Crippen LogP contribution in [0.5, 0.6) is 5.75 Å². The Balaban J connectivity index is 1.75. The standard InChI is InChI=1S/C19H19NO5S/c1-13(21)14-7-9-15(10-8-14)24-12-19(23)25-11-18(22)20-16-5-3-4-6-17(16)26-2/h3-10H,11-12H2,1-2H3,(H,20,22). The van der Waals surface area contributed by atoms with E-state index in [0.29, 0.717) is 17.0 Å². The van der Waals surface area contributed by atoms with Crippen LogP contribution in [-0.2, 0) is 14.3 Å². The molecule has 2 aromatic rings. The van der Waals surface area contributed by atoms with Crippen molar-refractivity contribution in [1.29, 1.82) is 0 Å². The first-order valence-corrected chi connectivity index (χ1v) is 9.04. The smallest absolute Gasteiger partial charge is 0.344 e. The molecule has 0 radical (unpaired) electrons. The number of hydrogen-bond donors (Lipinski definition) is 1. The van der Waals surface area contributed by atoms with E-state index < -0.39 is 18.5 Å². The third-order valence-electron chi connectivity index (χ3n) is 3.36. The summed E-state index contributed by atoms with van der Waals surface area (Å²) in [6.45, 7) is 0.748. The van der Waals surface area contributed by atoms with Gasteiger partial charge in [-0.25, -0.2) is 4.79 Å². The Bertz CT molecular complexity index is 789. The highest BCUT2D eigenvalue weighted by molar-refractivity contribution is 7.98. The number of ether oxygens (including phenoxy) is 2. The summed E-state index contributed by atoms with van der Waals surface area (Å²) in [6, 6.07) is 13.8. The lowest BCUT2D eigenvalue weighted by Crippen LogP contribution is -2.23. The summed E-state index contributed by atoms with van der Waals surface area (Å²) < 4.78 is 10.2. The second kappa shape index (κ2) is 9.62. The van der Waals surface area contributed by atoms with Crippen LogP contribution in [0, 0.1) is 0 Å². The Hall–Kier alpha value is -2.80. The molecule has 0 heterocycles. The molecule has 0 aliphatic rings. The van der Waals surface area contributed by atoms with E-state index in [1.807, 2.05) is 24.5 Å². The number of benzene rings is 2. The van der Waals surface area contributed by atoms with Gasteiger partial charge in [0.2, 0.25) is 0 Å². The van der Waals surface area contributed by atoms with Gasteiger partial charge in [-0.15, -0.1) is 11.8 Å². The molecule has 0 saturated heterocycles. The van der Waals surface area contributed by atoms with E-state index >= 15 is 0 Å². The van der Waals surface area contributed by atoms with Crippen LogP contribution in [0.15, 0.2) is 53.4 Å². The van der Waals surface area contributed by atoms with Gasteiger partial charge < -0.3 is 14.8 Å². The third-order valence-corrected chi connectivity index (χ3v) is 4.16. The highest BCUT2D eigenvalue weighted by atomic mass is 32.2. The van der Waals surface area contributed by atoms with Crippen molar-refractivity contribution >= 4 is 35.1 Å². The Morgan fingerprint density at radius 1 is 1.00 bits per heavy atom. The lowest BCUT2D eigenvalue weighted by atomic mass is 10.1. The zero-order valence-corrected chi connectivity index (χ0v) is 15.3. The van der Waals surface area contributed by atoms with E-state index in [4.69, 9.17) is 9.47 Å². The number of para-hydroxylation sites is 1. The van der Waals surface area contributed by atoms with Crippen LogP contribution in [0.1, 0.15) is 17.3 Å². The number of nitrogens with one attached hydrogen (secondary N) is 1. The van der Waals surface area contributed by atoms with Gasteiger partial charge in [0, 0.05) is 10.5 Å². The Kier molecular flexibility index (Phi) is 7.23. The topological polar surface area (TPSA) is 81.7 Å². The number of Topliss-reactive ketones (excluding diaryl/α,β-unsaturated/α-hetero) is 1. The number of anilines is 1. The molecule has 6 nitrogen and oxygen atoms in total. The van der Waals surface area contributed by atoms with Gasteiger partial charge in [-0.1, -0.05) is 12.1 Å². The summed E-state index contributed by atoms with van der Waals surface area (Å²) in [6.07, 6.45) is 1.91. The van der Waals surface area contributed by atoms with Gasteiger partial charge in [0.1, 0.15) is 5.75 Å². The van der Waals surface area contributed by atoms with Crippen LogP contribution >= 0.6 is 11.8 Å². The average molecular weight is 373 g/mol. The number of thioether (sulfide) groups is 1. The SMILES string of the molecule is CSc1ccccc1NC(=O)COC(=O)COc1ccc(C(C)=O)cc1. The molecule has 0 spiro atoms. The van der Waals surface area contributed by atoms with Crippen molar-refractivity contribution in [3.63, 3.8) is 0 Å². The second-order valence-corrected chi connectivity index (χ2v) is 6.13. The van der Waals surface area contributed by atoms with Gasteiger partial charge in [-0.05, 0) is 49.6 Å². The van der Waals surface area contributed by atoms with Crippen molar-refractivity contribution in [2.24, 2.45) is 0 Å². The number of carbonyl (C=O) groups excluding carboxylic acids is 3. The molecule has 26 heavy (non-hydrogen) atoms. The first kappa shape index (κ1) is 19.5. The number of amides is 1. The zero-order valence-electron chi connectivity index (χ0n) is 14.5. The van der Waals surface area contributed by atoms with E-state index in [1.165, 1.54) is 18.7 Å². The van der Waals surface area contributed by atoms with Gasteiger partial charge in [-0.2, -0.15) is 0 Å². The van der Waals surface area contributed by atoms with Gasteiger partial charge >= 0.3 is 5.97 Å². The van der Waals surface area contributed by atoms with Crippen LogP contribution < -0.4 is 10.1 Å². The largest absolute Gasteiger partial charge is 0.482 e. The lowest BCUT2D eigenvalue weighted by Gasteiger charge is -2.10. The molecule has 136 valence electrons. The summed E-state index contributed by atoms with van der Waals surface area (Å²) in [7, 11) is 0.